The average molecular weight is 611 g/mol. The third-order valence-corrected chi connectivity index (χ3v) is 11.6. The van der Waals surface area contributed by atoms with Crippen LogP contribution in [0.25, 0.3) is 5.57 Å². The number of pyridine rings is 1. The van der Waals surface area contributed by atoms with E-state index in [-0.39, 0.29) is 48.2 Å². The first-order chi connectivity index (χ1) is 21.7. The van der Waals surface area contributed by atoms with Crippen molar-refractivity contribution in [2.75, 3.05) is 13.1 Å². The smallest absolute Gasteiger partial charge is 0.323 e. The number of carboxylic acids is 1. The summed E-state index contributed by atoms with van der Waals surface area (Å²) in [5, 5.41) is 9.33. The summed E-state index contributed by atoms with van der Waals surface area (Å²) in [5.74, 6) is 0.166. The number of esters is 1. The second-order valence-electron chi connectivity index (χ2n) is 14.1. The van der Waals surface area contributed by atoms with E-state index in [1.54, 1.807) is 0 Å². The summed E-state index contributed by atoms with van der Waals surface area (Å²) in [5.41, 5.74) is 5.55. The Hall–Kier alpha value is -3.74. The number of nitrogens with zero attached hydrogens (tertiary/aromatic N) is 2. The van der Waals surface area contributed by atoms with Crippen LogP contribution in [-0.4, -0.2) is 52.0 Å². The van der Waals surface area contributed by atoms with Crippen LogP contribution < -0.4 is 0 Å². The summed E-state index contributed by atoms with van der Waals surface area (Å²) >= 11 is 0. The van der Waals surface area contributed by atoms with Crippen LogP contribution in [0.3, 0.4) is 0 Å². The second kappa shape index (κ2) is 12.9. The molecular weight excluding hydrogens is 564 g/mol. The zero-order valence-corrected chi connectivity index (χ0v) is 26.6. The van der Waals surface area contributed by atoms with Crippen molar-refractivity contribution in [3.05, 3.63) is 83.7 Å². The van der Waals surface area contributed by atoms with E-state index < -0.39 is 5.97 Å². The maximum atomic E-state index is 12.9. The Balaban J connectivity index is 1.03. The molecule has 0 saturated heterocycles. The number of hydrogen-bond donors (Lipinski definition) is 1. The van der Waals surface area contributed by atoms with Gasteiger partial charge < -0.3 is 14.7 Å². The van der Waals surface area contributed by atoms with E-state index >= 15 is 0 Å². The lowest BCUT2D eigenvalue weighted by atomic mass is 9.47. The highest BCUT2D eigenvalue weighted by atomic mass is 16.5. The number of hydrogen-bond acceptors (Lipinski definition) is 5. The minimum Gasteiger partial charge on any atom is -0.480 e. The zero-order chi connectivity index (χ0) is 31.6. The van der Waals surface area contributed by atoms with E-state index in [1.165, 1.54) is 34.5 Å². The number of benzene rings is 1. The van der Waals surface area contributed by atoms with Crippen LogP contribution in [0, 0.1) is 28.6 Å². The van der Waals surface area contributed by atoms with Crippen molar-refractivity contribution in [1.29, 1.82) is 0 Å². The van der Waals surface area contributed by atoms with Gasteiger partial charge in [0.25, 0.3) is 0 Å². The van der Waals surface area contributed by atoms with E-state index in [4.69, 9.17) is 4.74 Å². The molecule has 7 heteroatoms. The molecular formula is C38H46N2O5. The normalized spacial score (nSPS) is 30.2. The summed E-state index contributed by atoms with van der Waals surface area (Å²) in [6, 6.07) is 13.9. The molecule has 1 heterocycles. The molecule has 0 aliphatic heterocycles. The van der Waals surface area contributed by atoms with E-state index in [0.717, 1.165) is 37.7 Å². The van der Waals surface area contributed by atoms with Gasteiger partial charge in [-0.05, 0) is 96.3 Å². The van der Waals surface area contributed by atoms with Crippen molar-refractivity contribution < 1.29 is 24.2 Å². The summed E-state index contributed by atoms with van der Waals surface area (Å²) < 4.78 is 5.93. The van der Waals surface area contributed by atoms with Gasteiger partial charge in [-0.25, -0.2) is 0 Å². The third kappa shape index (κ3) is 6.36. The first-order valence-electron chi connectivity index (χ1n) is 16.7. The molecule has 0 unspecified atom stereocenters. The molecule has 1 aromatic carbocycles. The lowest BCUT2D eigenvalue weighted by Gasteiger charge is -2.57. The molecule has 2 aromatic rings. The van der Waals surface area contributed by atoms with Gasteiger partial charge in [-0.3, -0.25) is 19.4 Å². The van der Waals surface area contributed by atoms with Gasteiger partial charge in [-0.1, -0.05) is 68.0 Å². The first kappa shape index (κ1) is 31.3. The van der Waals surface area contributed by atoms with Crippen molar-refractivity contribution in [1.82, 2.24) is 9.88 Å². The molecule has 4 aliphatic carbocycles. The summed E-state index contributed by atoms with van der Waals surface area (Å²) in [6.07, 6.45) is 16.4. The number of aliphatic carboxylic acids is 1. The molecule has 2 fully saturated rings. The number of amides is 1. The molecule has 4 aliphatic rings. The molecule has 6 atom stereocenters. The Morgan fingerprint density at radius 2 is 1.76 bits per heavy atom. The van der Waals surface area contributed by atoms with Crippen LogP contribution in [-0.2, 0) is 25.5 Å². The first-order valence-corrected chi connectivity index (χ1v) is 16.7. The van der Waals surface area contributed by atoms with Crippen LogP contribution >= 0.6 is 0 Å². The van der Waals surface area contributed by atoms with Crippen molar-refractivity contribution in [3.8, 4) is 0 Å². The van der Waals surface area contributed by atoms with Crippen molar-refractivity contribution in [3.63, 3.8) is 0 Å². The quantitative estimate of drug-likeness (QED) is 0.233. The molecule has 6 rings (SSSR count). The Kier molecular flexibility index (Phi) is 8.98. The van der Waals surface area contributed by atoms with Crippen LogP contribution in [0.4, 0.5) is 0 Å². The van der Waals surface area contributed by atoms with Gasteiger partial charge in [0.05, 0.1) is 6.42 Å². The summed E-state index contributed by atoms with van der Waals surface area (Å²) in [7, 11) is 0. The molecule has 0 radical (unpaired) electrons. The number of rotatable bonds is 10. The highest BCUT2D eigenvalue weighted by molar-refractivity contribution is 5.84. The average Bonchev–Trinajstić information content (AvgIpc) is 3.40. The van der Waals surface area contributed by atoms with E-state index in [0.29, 0.717) is 30.7 Å². The second-order valence-corrected chi connectivity index (χ2v) is 14.1. The topological polar surface area (TPSA) is 96.8 Å². The zero-order valence-electron chi connectivity index (χ0n) is 26.6. The predicted octanol–water partition coefficient (Wildman–Crippen LogP) is 6.89. The largest absolute Gasteiger partial charge is 0.480 e. The van der Waals surface area contributed by atoms with Gasteiger partial charge in [0.15, 0.2) is 0 Å². The number of fused-ring (bicyclic) bond motifs is 5. The molecule has 238 valence electrons. The predicted molar refractivity (Wildman–Crippen MR) is 173 cm³/mol. The fraction of sp³-hybridized carbons (Fsp3) is 0.526. The molecule has 1 N–H and O–H groups in total. The third-order valence-electron chi connectivity index (χ3n) is 11.6. The van der Waals surface area contributed by atoms with Crippen LogP contribution in [0.2, 0.25) is 0 Å². The minimum atomic E-state index is -1.06. The van der Waals surface area contributed by atoms with Gasteiger partial charge in [-0.2, -0.15) is 0 Å². The SMILES string of the molecule is C[C@]12CC[C@H](OC(=O)CCC(=O)N(CCc3ccccc3)CC(=O)O)CC1=CC[C@@H]1[C@@H]2CC[C@]2(C)C(c3cccnc3)=CC[C@@H]12. The van der Waals surface area contributed by atoms with Crippen molar-refractivity contribution >= 4 is 23.4 Å². The number of ether oxygens (including phenoxy) is 1. The molecule has 0 spiro atoms. The van der Waals surface area contributed by atoms with Gasteiger partial charge >= 0.3 is 11.9 Å². The van der Waals surface area contributed by atoms with Crippen LogP contribution in [0.15, 0.2) is 72.6 Å². The number of carbonyl (C=O) groups is 3. The van der Waals surface area contributed by atoms with Gasteiger partial charge in [-0.15, -0.1) is 0 Å². The summed E-state index contributed by atoms with van der Waals surface area (Å²) in [4.78, 5) is 42.9. The van der Waals surface area contributed by atoms with Crippen molar-refractivity contribution in [2.24, 2.45) is 28.6 Å². The fourth-order valence-corrected chi connectivity index (χ4v) is 9.24. The Morgan fingerprint density at radius 1 is 0.956 bits per heavy atom. The van der Waals surface area contributed by atoms with E-state index in [9.17, 15) is 19.5 Å². The number of allylic oxidation sites excluding steroid dienone is 3. The number of aromatic nitrogens is 1. The molecule has 7 nitrogen and oxygen atoms in total. The number of carbonyl (C=O) groups excluding carboxylic acids is 2. The molecule has 1 amide bonds. The standard InChI is InChI=1S/C38H46N2O5/c1-37-19-16-29(45-36(44)15-14-34(41)40(25-35(42)43)22-18-26-7-4-3-5-8-26)23-28(37)10-11-30-32-13-12-31(27-9-6-21-39-24-27)38(32,2)20-17-33(30)37/h3-10,12,21,24,29-30,32-33H,11,13-20,22-23,25H2,1-2H3,(H,42,43)/t29-,30-,32-,33-,37-,38+/m0/s1. The molecule has 0 bridgehead atoms. The highest BCUT2D eigenvalue weighted by Gasteiger charge is 2.57. The highest BCUT2D eigenvalue weighted by Crippen LogP contribution is 2.66. The maximum absolute atomic E-state index is 12.9. The Morgan fingerprint density at radius 3 is 2.51 bits per heavy atom. The fourth-order valence-electron chi connectivity index (χ4n) is 9.24. The number of carboxylic acid groups (broad SMARTS) is 1. The monoisotopic (exact) mass is 610 g/mol. The van der Waals surface area contributed by atoms with Crippen molar-refractivity contribution in [2.45, 2.75) is 84.2 Å². The molecule has 2 saturated carbocycles. The lowest BCUT2D eigenvalue weighted by molar-refractivity contribution is -0.153. The van der Waals surface area contributed by atoms with Gasteiger partial charge in [0.2, 0.25) is 5.91 Å². The Labute approximate surface area is 266 Å². The van der Waals surface area contributed by atoms with E-state index in [1.807, 2.05) is 48.8 Å². The van der Waals surface area contributed by atoms with Gasteiger partial charge in [0, 0.05) is 31.8 Å². The van der Waals surface area contributed by atoms with Crippen LogP contribution in [0.5, 0.6) is 0 Å². The van der Waals surface area contributed by atoms with E-state index in [2.05, 4.69) is 37.0 Å². The Bertz CT molecular complexity index is 1470. The summed E-state index contributed by atoms with van der Waals surface area (Å²) in [6.45, 7) is 4.85. The molecule has 45 heavy (non-hydrogen) atoms. The van der Waals surface area contributed by atoms with Crippen LogP contribution in [0.1, 0.15) is 82.8 Å². The minimum absolute atomic E-state index is 0.0374. The van der Waals surface area contributed by atoms with Gasteiger partial charge in [0.1, 0.15) is 12.6 Å². The molecule has 1 aromatic heterocycles. The maximum Gasteiger partial charge on any atom is 0.323 e. The lowest BCUT2D eigenvalue weighted by Crippen LogP contribution is -2.50.